The molecule has 0 aliphatic rings. The van der Waals surface area contributed by atoms with Crippen molar-refractivity contribution in [2.45, 2.75) is 86.3 Å². The summed E-state index contributed by atoms with van der Waals surface area (Å²) in [6, 6.07) is 3.23. The zero-order valence-corrected chi connectivity index (χ0v) is 24.6. The molecule has 2 heterocycles. The van der Waals surface area contributed by atoms with Gasteiger partial charge in [-0.3, -0.25) is 14.9 Å². The fourth-order valence-electron chi connectivity index (χ4n) is 4.19. The second kappa shape index (κ2) is 11.8. The quantitative estimate of drug-likeness (QED) is 0.330. The highest BCUT2D eigenvalue weighted by atomic mass is 19.1. The Bertz CT molecular complexity index is 1440. The number of nitrogens with zero attached hydrogens (tertiary/aromatic N) is 3. The number of amides is 2. The number of Topliss-reactive ketones (excluding diaryl/α,β-unsaturated/α-hetero) is 1. The molecule has 0 unspecified atom stereocenters. The summed E-state index contributed by atoms with van der Waals surface area (Å²) in [6.07, 6.45) is -0.925. The van der Waals surface area contributed by atoms with E-state index in [4.69, 9.17) is 15.0 Å². The number of aromatic nitrogens is 3. The number of rotatable bonds is 9. The molecule has 222 valence electrons. The lowest BCUT2D eigenvalue weighted by molar-refractivity contribution is -0.118. The van der Waals surface area contributed by atoms with Gasteiger partial charge in [0.2, 0.25) is 0 Å². The molecule has 10 nitrogen and oxygen atoms in total. The second-order valence-corrected chi connectivity index (χ2v) is 12.4. The van der Waals surface area contributed by atoms with E-state index in [9.17, 15) is 14.4 Å². The highest BCUT2D eigenvalue weighted by Gasteiger charge is 2.29. The Morgan fingerprint density at radius 1 is 1.05 bits per heavy atom. The smallest absolute Gasteiger partial charge is 0.413 e. The molecule has 41 heavy (non-hydrogen) atoms. The van der Waals surface area contributed by atoms with Crippen molar-refractivity contribution < 1.29 is 32.4 Å². The molecule has 2 amide bonds. The fourth-order valence-corrected chi connectivity index (χ4v) is 4.19. The average molecular weight is 574 g/mol. The number of carbonyl (C=O) groups is 3. The van der Waals surface area contributed by atoms with Crippen LogP contribution in [-0.4, -0.2) is 38.3 Å². The number of carbonyl (C=O) groups excluding carboxylic acids is 3. The normalized spacial score (nSPS) is 12.1. The molecule has 0 spiro atoms. The van der Waals surface area contributed by atoms with Crippen LogP contribution in [0, 0.1) is 17.0 Å². The van der Waals surface area contributed by atoms with Gasteiger partial charge in [0, 0.05) is 29.7 Å². The van der Waals surface area contributed by atoms with Gasteiger partial charge < -0.3 is 15.0 Å². The second-order valence-electron chi connectivity index (χ2n) is 12.4. The van der Waals surface area contributed by atoms with Crippen LogP contribution in [0.1, 0.15) is 88.8 Å². The van der Waals surface area contributed by atoms with Gasteiger partial charge in [-0.1, -0.05) is 25.9 Å². The van der Waals surface area contributed by atoms with Crippen LogP contribution < -0.4 is 11.1 Å². The molecule has 12 heteroatoms. The van der Waals surface area contributed by atoms with Crippen molar-refractivity contribution in [3.8, 4) is 11.3 Å². The molecule has 3 aromatic rings. The first-order valence-corrected chi connectivity index (χ1v) is 13.2. The van der Waals surface area contributed by atoms with Gasteiger partial charge in [-0.2, -0.15) is 5.10 Å². The molecular weight excluding hydrogens is 536 g/mol. The molecule has 3 rings (SSSR count). The van der Waals surface area contributed by atoms with Gasteiger partial charge in [-0.25, -0.2) is 18.3 Å². The average Bonchev–Trinajstić information content (AvgIpc) is 3.37. The molecule has 0 aliphatic heterocycles. The number of primary amides is 1. The van der Waals surface area contributed by atoms with E-state index in [0.717, 1.165) is 12.1 Å². The van der Waals surface area contributed by atoms with E-state index >= 15 is 8.78 Å². The number of anilines is 1. The number of benzene rings is 1. The topological polar surface area (TPSA) is 142 Å². The summed E-state index contributed by atoms with van der Waals surface area (Å²) in [4.78, 5) is 37.6. The van der Waals surface area contributed by atoms with E-state index in [1.165, 1.54) is 4.68 Å². The van der Waals surface area contributed by atoms with Crippen LogP contribution in [0.3, 0.4) is 0 Å². The maximum atomic E-state index is 15.2. The molecule has 0 fully saturated rings. The Morgan fingerprint density at radius 2 is 1.66 bits per heavy atom. The molecule has 1 aromatic carbocycles. The lowest BCUT2D eigenvalue weighted by Crippen LogP contribution is -2.29. The zero-order valence-electron chi connectivity index (χ0n) is 24.6. The molecular formula is C29H37F2N5O5. The first-order chi connectivity index (χ1) is 18.8. The van der Waals surface area contributed by atoms with Gasteiger partial charge in [0.1, 0.15) is 45.9 Å². The van der Waals surface area contributed by atoms with Gasteiger partial charge in [0.25, 0.3) is 5.91 Å². The zero-order chi connectivity index (χ0) is 30.9. The van der Waals surface area contributed by atoms with Crippen molar-refractivity contribution in [2.75, 3.05) is 5.32 Å². The minimum absolute atomic E-state index is 0.0297. The number of hydrogen-bond acceptors (Lipinski definition) is 7. The number of ketones is 1. The molecule has 2 aromatic heterocycles. The Labute approximate surface area is 237 Å². The summed E-state index contributed by atoms with van der Waals surface area (Å²) < 4.78 is 42.2. The Balaban J connectivity index is 1.91. The lowest BCUT2D eigenvalue weighted by Gasteiger charge is -2.20. The van der Waals surface area contributed by atoms with Crippen molar-refractivity contribution in [3.05, 3.63) is 52.4 Å². The highest BCUT2D eigenvalue weighted by Crippen LogP contribution is 2.33. The number of nitrogens with two attached hydrogens (primary N) is 1. The summed E-state index contributed by atoms with van der Waals surface area (Å²) in [5.41, 5.74) is 4.53. The Morgan fingerprint density at radius 3 is 2.17 bits per heavy atom. The van der Waals surface area contributed by atoms with Gasteiger partial charge >= 0.3 is 6.09 Å². The minimum atomic E-state index is -1.00. The summed E-state index contributed by atoms with van der Waals surface area (Å²) in [5, 5.41) is 10.8. The van der Waals surface area contributed by atoms with Crippen molar-refractivity contribution in [3.63, 3.8) is 0 Å². The third kappa shape index (κ3) is 8.21. The van der Waals surface area contributed by atoms with E-state index in [2.05, 4.69) is 15.6 Å². The number of nitrogens with one attached hydrogen (secondary N) is 1. The third-order valence-corrected chi connectivity index (χ3v) is 5.74. The summed E-state index contributed by atoms with van der Waals surface area (Å²) in [7, 11) is 0. The maximum absolute atomic E-state index is 15.2. The molecule has 0 saturated carbocycles. The van der Waals surface area contributed by atoms with Crippen LogP contribution in [0.5, 0.6) is 0 Å². The van der Waals surface area contributed by atoms with E-state index in [1.807, 2.05) is 20.8 Å². The Kier molecular flexibility index (Phi) is 9.04. The van der Waals surface area contributed by atoms with E-state index < -0.39 is 47.0 Å². The first kappa shape index (κ1) is 31.4. The molecule has 0 aliphatic carbocycles. The highest BCUT2D eigenvalue weighted by molar-refractivity contribution is 6.06. The van der Waals surface area contributed by atoms with Crippen molar-refractivity contribution in [1.29, 1.82) is 0 Å². The first-order valence-electron chi connectivity index (χ1n) is 13.2. The summed E-state index contributed by atoms with van der Waals surface area (Å²) in [6.45, 7) is 14.6. The molecule has 0 saturated heterocycles. The van der Waals surface area contributed by atoms with Gasteiger partial charge in [-0.05, 0) is 58.6 Å². The Hall–Kier alpha value is -4.09. The van der Waals surface area contributed by atoms with Crippen LogP contribution in [-0.2, 0) is 28.8 Å². The minimum Gasteiger partial charge on any atom is -0.444 e. The number of hydrogen-bond donors (Lipinski definition) is 2. The number of halogens is 2. The SMILES string of the molecule is CC(C)n1nc(-c2cc(F)c(CC(=O)Cc3cc(CC(C)(C)C)no3)c(F)c2)c(C(N)=O)c1NC(=O)OC(C)(C)C. The summed E-state index contributed by atoms with van der Waals surface area (Å²) >= 11 is 0. The van der Waals surface area contributed by atoms with Crippen LogP contribution in [0.25, 0.3) is 11.3 Å². The summed E-state index contributed by atoms with van der Waals surface area (Å²) in [5.74, 6) is -3.22. The predicted octanol–water partition coefficient (Wildman–Crippen LogP) is 5.79. The van der Waals surface area contributed by atoms with E-state index in [1.54, 1.807) is 40.7 Å². The fraction of sp³-hybridized carbons (Fsp3) is 0.483. The largest absolute Gasteiger partial charge is 0.444 e. The third-order valence-electron chi connectivity index (χ3n) is 5.74. The van der Waals surface area contributed by atoms with Gasteiger partial charge in [0.05, 0.1) is 12.1 Å². The molecule has 0 bridgehead atoms. The lowest BCUT2D eigenvalue weighted by atomic mass is 9.90. The van der Waals surface area contributed by atoms with Crippen molar-refractivity contribution in [2.24, 2.45) is 11.1 Å². The molecule has 0 atom stereocenters. The standard InChI is InChI=1S/C29H37F2N5O5/c1-15(2)36-26(33-27(39)40-29(6,7)8)23(25(32)38)24(34-36)16-9-21(30)20(22(31)10-16)13-18(37)12-19-11-17(35-41-19)14-28(3,4)5/h9-11,15H,12-14H2,1-8H3,(H2,32,38)(H,33,39). The van der Waals surface area contributed by atoms with Crippen LogP contribution in [0.2, 0.25) is 0 Å². The van der Waals surface area contributed by atoms with Crippen LogP contribution >= 0.6 is 0 Å². The van der Waals surface area contributed by atoms with E-state index in [0.29, 0.717) is 17.9 Å². The van der Waals surface area contributed by atoms with E-state index in [-0.39, 0.29) is 40.5 Å². The molecule has 0 radical (unpaired) electrons. The van der Waals surface area contributed by atoms with Gasteiger partial charge in [-0.15, -0.1) is 0 Å². The van der Waals surface area contributed by atoms with Crippen LogP contribution in [0.15, 0.2) is 22.7 Å². The monoisotopic (exact) mass is 573 g/mol. The van der Waals surface area contributed by atoms with Crippen molar-refractivity contribution >= 4 is 23.6 Å². The number of ether oxygens (including phenoxy) is 1. The molecule has 3 N–H and O–H groups in total. The van der Waals surface area contributed by atoms with Crippen molar-refractivity contribution in [1.82, 2.24) is 14.9 Å². The predicted molar refractivity (Wildman–Crippen MR) is 148 cm³/mol. The van der Waals surface area contributed by atoms with Crippen LogP contribution in [0.4, 0.5) is 19.4 Å². The maximum Gasteiger partial charge on any atom is 0.413 e. The van der Waals surface area contributed by atoms with Gasteiger partial charge in [0.15, 0.2) is 0 Å².